The van der Waals surface area contributed by atoms with Crippen LogP contribution in [0.2, 0.25) is 0 Å². The van der Waals surface area contributed by atoms with Gasteiger partial charge in [0.1, 0.15) is 0 Å². The molecule has 5 heteroatoms. The van der Waals surface area contributed by atoms with Crippen LogP contribution < -0.4 is 11.1 Å². The van der Waals surface area contributed by atoms with E-state index in [0.29, 0.717) is 13.0 Å². The van der Waals surface area contributed by atoms with Gasteiger partial charge in [-0.05, 0) is 6.42 Å². The number of rotatable bonds is 4. The van der Waals surface area contributed by atoms with Gasteiger partial charge in [0.2, 0.25) is 5.91 Å². The molecule has 0 aromatic carbocycles. The van der Waals surface area contributed by atoms with E-state index in [2.05, 4.69) is 15.8 Å². The third-order valence-electron chi connectivity index (χ3n) is 0.939. The molecule has 0 rings (SSSR count). The number of nitrogens with one attached hydrogen (secondary N) is 1. The number of primary amides is 1. The molecule has 0 saturated carbocycles. The molecule has 0 heterocycles. The Morgan fingerprint density at radius 1 is 1.55 bits per heavy atom. The molecule has 0 fully saturated rings. The molecule has 0 aromatic rings. The summed E-state index contributed by atoms with van der Waals surface area (Å²) in [6.45, 7) is 2.17. The minimum absolute atomic E-state index is 0.0934. The van der Waals surface area contributed by atoms with Crippen molar-refractivity contribution in [2.24, 2.45) is 5.73 Å². The molecule has 0 aliphatic heterocycles. The summed E-state index contributed by atoms with van der Waals surface area (Å²) in [4.78, 5) is 20.3. The van der Waals surface area contributed by atoms with Crippen LogP contribution in [0.1, 0.15) is 13.3 Å². The molecule has 0 bridgehead atoms. The maximum absolute atomic E-state index is 10.3. The molecular weight excluding hydrogens is 148 g/mol. The third-order valence-corrected chi connectivity index (χ3v) is 0.939. The highest BCUT2D eigenvalue weighted by molar-refractivity contribution is 5.72. The highest BCUT2D eigenvalue weighted by atomic mass is 16.5. The molecule has 0 saturated heterocycles. The van der Waals surface area contributed by atoms with Crippen LogP contribution in [0.15, 0.2) is 0 Å². The molecule has 0 unspecified atom stereocenters. The Kier molecular flexibility index (Phi) is 4.89. The summed E-state index contributed by atoms with van der Waals surface area (Å²) in [5.41, 5.74) is 4.69. The average molecular weight is 160 g/mol. The number of ether oxygens (including phenoxy) is 1. The molecule has 64 valence electrons. The highest BCUT2D eigenvalue weighted by Gasteiger charge is 1.93. The number of carbonyl (C=O) groups is 2. The standard InChI is InChI=1S/C6H12N2O3/c1-5(9)8-3-2-4-11-6(7)10/h2-4H2,1H3,(H2,7,10)(H,8,9). The summed E-state index contributed by atoms with van der Waals surface area (Å²) in [5, 5.41) is 2.55. The fourth-order valence-corrected chi connectivity index (χ4v) is 0.509. The second kappa shape index (κ2) is 5.52. The molecule has 3 N–H and O–H groups in total. The molecular formula is C6H12N2O3. The largest absolute Gasteiger partial charge is 0.450 e. The van der Waals surface area contributed by atoms with Crippen LogP contribution in [0.25, 0.3) is 0 Å². The van der Waals surface area contributed by atoms with Crippen molar-refractivity contribution >= 4 is 12.0 Å². The fourth-order valence-electron chi connectivity index (χ4n) is 0.509. The molecule has 0 radical (unpaired) electrons. The molecule has 0 aliphatic rings. The Labute approximate surface area is 64.9 Å². The Morgan fingerprint density at radius 3 is 2.64 bits per heavy atom. The van der Waals surface area contributed by atoms with Gasteiger partial charge in [0.05, 0.1) is 6.61 Å². The lowest BCUT2D eigenvalue weighted by molar-refractivity contribution is -0.118. The SMILES string of the molecule is CC(=O)NCCCOC(N)=O. The second-order valence-electron chi connectivity index (χ2n) is 2.00. The highest BCUT2D eigenvalue weighted by Crippen LogP contribution is 1.79. The Bertz CT molecular complexity index is 131. The lowest BCUT2D eigenvalue weighted by Gasteiger charge is -2.01. The zero-order valence-electron chi connectivity index (χ0n) is 6.42. The van der Waals surface area contributed by atoms with Crippen LogP contribution in [0, 0.1) is 0 Å². The molecule has 11 heavy (non-hydrogen) atoms. The van der Waals surface area contributed by atoms with E-state index in [9.17, 15) is 9.59 Å². The second-order valence-corrected chi connectivity index (χ2v) is 2.00. The van der Waals surface area contributed by atoms with Gasteiger partial charge in [0, 0.05) is 13.5 Å². The lowest BCUT2D eigenvalue weighted by Crippen LogP contribution is -2.23. The van der Waals surface area contributed by atoms with E-state index < -0.39 is 6.09 Å². The maximum Gasteiger partial charge on any atom is 0.404 e. The molecule has 5 nitrogen and oxygen atoms in total. The first-order valence-corrected chi connectivity index (χ1v) is 3.29. The van der Waals surface area contributed by atoms with Crippen LogP contribution in [0.4, 0.5) is 4.79 Å². The smallest absolute Gasteiger partial charge is 0.404 e. The van der Waals surface area contributed by atoms with Crippen LogP contribution in [-0.4, -0.2) is 25.2 Å². The van der Waals surface area contributed by atoms with Gasteiger partial charge in [-0.2, -0.15) is 0 Å². The van der Waals surface area contributed by atoms with Crippen LogP contribution in [-0.2, 0) is 9.53 Å². The Hall–Kier alpha value is -1.26. The van der Waals surface area contributed by atoms with Crippen LogP contribution in [0.3, 0.4) is 0 Å². The number of amides is 2. The zero-order valence-corrected chi connectivity index (χ0v) is 6.42. The quantitative estimate of drug-likeness (QED) is 0.549. The first-order chi connectivity index (χ1) is 5.13. The minimum atomic E-state index is -0.784. The molecule has 0 aliphatic carbocycles. The van der Waals surface area contributed by atoms with Crippen molar-refractivity contribution in [1.82, 2.24) is 5.32 Å². The summed E-state index contributed by atoms with van der Waals surface area (Å²) in [6, 6.07) is 0. The summed E-state index contributed by atoms with van der Waals surface area (Å²) in [7, 11) is 0. The van der Waals surface area contributed by atoms with Crippen LogP contribution in [0.5, 0.6) is 0 Å². The minimum Gasteiger partial charge on any atom is -0.450 e. The van der Waals surface area contributed by atoms with Crippen molar-refractivity contribution in [1.29, 1.82) is 0 Å². The Morgan fingerprint density at radius 2 is 2.18 bits per heavy atom. The van der Waals surface area contributed by atoms with Crippen molar-refractivity contribution in [3.05, 3.63) is 0 Å². The molecule has 0 atom stereocenters. The first-order valence-electron chi connectivity index (χ1n) is 3.29. The number of hydrogen-bond acceptors (Lipinski definition) is 3. The number of carbonyl (C=O) groups excluding carboxylic acids is 2. The average Bonchev–Trinajstić information content (AvgIpc) is 1.85. The number of nitrogens with two attached hydrogens (primary N) is 1. The van der Waals surface area contributed by atoms with Gasteiger partial charge in [0.15, 0.2) is 0 Å². The van der Waals surface area contributed by atoms with Crippen molar-refractivity contribution in [2.75, 3.05) is 13.2 Å². The third kappa shape index (κ3) is 8.74. The first kappa shape index (κ1) is 9.74. The molecule has 0 aromatic heterocycles. The van der Waals surface area contributed by atoms with Crippen molar-refractivity contribution in [3.8, 4) is 0 Å². The fraction of sp³-hybridized carbons (Fsp3) is 0.667. The summed E-state index contributed by atoms with van der Waals surface area (Å²) < 4.78 is 4.41. The van der Waals surface area contributed by atoms with Crippen molar-refractivity contribution in [3.63, 3.8) is 0 Å². The van der Waals surface area contributed by atoms with E-state index in [0.717, 1.165) is 0 Å². The van der Waals surface area contributed by atoms with E-state index in [1.54, 1.807) is 0 Å². The van der Waals surface area contributed by atoms with E-state index in [4.69, 9.17) is 0 Å². The number of hydrogen-bond donors (Lipinski definition) is 2. The maximum atomic E-state index is 10.3. The van der Waals surface area contributed by atoms with E-state index in [1.807, 2.05) is 0 Å². The monoisotopic (exact) mass is 160 g/mol. The predicted octanol–water partition coefficient (Wildman–Crippen LogP) is -0.392. The molecule has 2 amide bonds. The van der Waals surface area contributed by atoms with Gasteiger partial charge >= 0.3 is 6.09 Å². The van der Waals surface area contributed by atoms with Crippen molar-refractivity contribution in [2.45, 2.75) is 13.3 Å². The Balaban J connectivity index is 3.03. The van der Waals surface area contributed by atoms with Crippen molar-refractivity contribution < 1.29 is 14.3 Å². The van der Waals surface area contributed by atoms with Crippen LogP contribution >= 0.6 is 0 Å². The lowest BCUT2D eigenvalue weighted by atomic mass is 10.4. The molecule has 0 spiro atoms. The van der Waals surface area contributed by atoms with Gasteiger partial charge in [-0.15, -0.1) is 0 Å². The summed E-state index contributed by atoms with van der Waals surface area (Å²) in [6.07, 6.45) is -0.199. The predicted molar refractivity (Wildman–Crippen MR) is 38.8 cm³/mol. The van der Waals surface area contributed by atoms with Gasteiger partial charge < -0.3 is 15.8 Å². The van der Waals surface area contributed by atoms with E-state index in [-0.39, 0.29) is 12.5 Å². The van der Waals surface area contributed by atoms with Gasteiger partial charge in [-0.3, -0.25) is 4.79 Å². The zero-order chi connectivity index (χ0) is 8.69. The van der Waals surface area contributed by atoms with E-state index in [1.165, 1.54) is 6.92 Å². The van der Waals surface area contributed by atoms with Gasteiger partial charge in [-0.25, -0.2) is 4.79 Å². The normalized spacial score (nSPS) is 8.82. The van der Waals surface area contributed by atoms with Gasteiger partial charge in [0.25, 0.3) is 0 Å². The topological polar surface area (TPSA) is 81.4 Å². The summed E-state index contributed by atoms with van der Waals surface area (Å²) in [5.74, 6) is -0.0934. The summed E-state index contributed by atoms with van der Waals surface area (Å²) >= 11 is 0. The van der Waals surface area contributed by atoms with E-state index >= 15 is 0 Å². The van der Waals surface area contributed by atoms with Gasteiger partial charge in [-0.1, -0.05) is 0 Å².